The van der Waals surface area contributed by atoms with Crippen LogP contribution >= 0.6 is 0 Å². The van der Waals surface area contributed by atoms with E-state index < -0.39 is 22.2 Å². The van der Waals surface area contributed by atoms with Gasteiger partial charge in [-0.25, -0.2) is 8.42 Å². The summed E-state index contributed by atoms with van der Waals surface area (Å²) in [5.74, 6) is -0.172. The molecule has 0 saturated carbocycles. The number of aliphatic hydroxyl groups is 1. The highest BCUT2D eigenvalue weighted by Crippen LogP contribution is 2.23. The zero-order valence-corrected chi connectivity index (χ0v) is 13.4. The van der Waals surface area contributed by atoms with Crippen LogP contribution in [0.1, 0.15) is 26.2 Å². The normalized spacial score (nSPS) is 32.1. The molecule has 1 N–H and O–H groups in total. The number of carbonyl (C=O) groups is 1. The molecule has 0 radical (unpaired) electrons. The molecule has 8 heteroatoms. The number of hydrogen-bond acceptors (Lipinski definition) is 5. The van der Waals surface area contributed by atoms with Gasteiger partial charge in [0.05, 0.1) is 25.1 Å². The molecule has 2 rings (SSSR count). The van der Waals surface area contributed by atoms with Gasteiger partial charge in [-0.2, -0.15) is 4.31 Å². The summed E-state index contributed by atoms with van der Waals surface area (Å²) in [5.41, 5.74) is 0. The predicted octanol–water partition coefficient (Wildman–Crippen LogP) is -0.591. The Morgan fingerprint density at radius 3 is 2.67 bits per heavy atom. The van der Waals surface area contributed by atoms with Crippen LogP contribution in [0, 0.1) is 0 Å². The maximum atomic E-state index is 12.7. The second-order valence-corrected chi connectivity index (χ2v) is 7.81. The van der Waals surface area contributed by atoms with Crippen LogP contribution < -0.4 is 0 Å². The van der Waals surface area contributed by atoms with Crippen molar-refractivity contribution in [1.29, 1.82) is 0 Å². The van der Waals surface area contributed by atoms with E-state index in [0.29, 0.717) is 26.1 Å². The fraction of sp³-hybridized carbons (Fsp3) is 0.923. The van der Waals surface area contributed by atoms with Crippen molar-refractivity contribution in [2.45, 2.75) is 44.4 Å². The summed E-state index contributed by atoms with van der Waals surface area (Å²) in [5, 5.41) is 9.23. The highest BCUT2D eigenvalue weighted by molar-refractivity contribution is 7.88. The van der Waals surface area contributed by atoms with Crippen molar-refractivity contribution in [3.8, 4) is 0 Å². The molecule has 2 fully saturated rings. The zero-order valence-electron chi connectivity index (χ0n) is 12.6. The second-order valence-electron chi connectivity index (χ2n) is 5.88. The first kappa shape index (κ1) is 16.7. The Balaban J connectivity index is 2.13. The SMILES string of the molecule is CC1CN(C(=O)C2CCCCN2S(C)(=O)=O)CC(CO)O1. The molecule has 2 saturated heterocycles. The van der Waals surface area contributed by atoms with Crippen LogP contribution in [0.25, 0.3) is 0 Å². The molecule has 3 unspecified atom stereocenters. The Hall–Kier alpha value is -0.700. The van der Waals surface area contributed by atoms with Crippen LogP contribution in [0.2, 0.25) is 0 Å². The Morgan fingerprint density at radius 2 is 2.05 bits per heavy atom. The molecule has 0 aliphatic carbocycles. The van der Waals surface area contributed by atoms with Crippen LogP contribution in [0.15, 0.2) is 0 Å². The topological polar surface area (TPSA) is 87.2 Å². The largest absolute Gasteiger partial charge is 0.394 e. The Labute approximate surface area is 125 Å². The highest BCUT2D eigenvalue weighted by atomic mass is 32.2. The van der Waals surface area contributed by atoms with Crippen molar-refractivity contribution >= 4 is 15.9 Å². The number of aliphatic hydroxyl groups excluding tert-OH is 1. The van der Waals surface area contributed by atoms with Crippen molar-refractivity contribution in [3.63, 3.8) is 0 Å². The van der Waals surface area contributed by atoms with E-state index in [1.54, 1.807) is 4.90 Å². The minimum Gasteiger partial charge on any atom is -0.394 e. The molecule has 2 aliphatic rings. The summed E-state index contributed by atoms with van der Waals surface area (Å²) in [6, 6.07) is -0.613. The lowest BCUT2D eigenvalue weighted by Crippen LogP contribution is -2.57. The number of hydrogen-bond donors (Lipinski definition) is 1. The maximum Gasteiger partial charge on any atom is 0.241 e. The van der Waals surface area contributed by atoms with Crippen LogP contribution in [0.5, 0.6) is 0 Å². The minimum absolute atomic E-state index is 0.144. The average Bonchev–Trinajstić information content (AvgIpc) is 2.45. The summed E-state index contributed by atoms with van der Waals surface area (Å²) in [7, 11) is -3.39. The van der Waals surface area contributed by atoms with Crippen LogP contribution in [-0.4, -0.2) is 79.4 Å². The van der Waals surface area contributed by atoms with Crippen LogP contribution in [-0.2, 0) is 19.6 Å². The molecule has 0 aromatic rings. The van der Waals surface area contributed by atoms with E-state index in [1.165, 1.54) is 4.31 Å². The molecule has 3 atom stereocenters. The van der Waals surface area contributed by atoms with Gasteiger partial charge in [0.1, 0.15) is 6.04 Å². The lowest BCUT2D eigenvalue weighted by molar-refractivity contribution is -0.151. The summed E-state index contributed by atoms with van der Waals surface area (Å²) in [4.78, 5) is 14.3. The molecule has 2 heterocycles. The van der Waals surface area contributed by atoms with Gasteiger partial charge in [-0.3, -0.25) is 4.79 Å². The molecule has 7 nitrogen and oxygen atoms in total. The van der Waals surface area contributed by atoms with E-state index in [9.17, 15) is 18.3 Å². The first-order chi connectivity index (χ1) is 9.82. The lowest BCUT2D eigenvalue weighted by atomic mass is 10.0. The summed E-state index contributed by atoms with van der Waals surface area (Å²) >= 11 is 0. The number of amides is 1. The second kappa shape index (κ2) is 6.60. The smallest absolute Gasteiger partial charge is 0.241 e. The highest BCUT2D eigenvalue weighted by Gasteiger charge is 2.39. The van der Waals surface area contributed by atoms with Crippen LogP contribution in [0.4, 0.5) is 0 Å². The van der Waals surface area contributed by atoms with Gasteiger partial charge in [-0.15, -0.1) is 0 Å². The molecule has 21 heavy (non-hydrogen) atoms. The van der Waals surface area contributed by atoms with Gasteiger partial charge in [0, 0.05) is 19.6 Å². The van der Waals surface area contributed by atoms with Crippen molar-refractivity contribution in [1.82, 2.24) is 9.21 Å². The molecule has 0 aromatic heterocycles. The van der Waals surface area contributed by atoms with Gasteiger partial charge >= 0.3 is 0 Å². The van der Waals surface area contributed by atoms with E-state index in [0.717, 1.165) is 19.1 Å². The van der Waals surface area contributed by atoms with Crippen molar-refractivity contribution in [2.24, 2.45) is 0 Å². The first-order valence-electron chi connectivity index (χ1n) is 7.35. The van der Waals surface area contributed by atoms with Crippen molar-refractivity contribution < 1.29 is 23.1 Å². The number of piperidine rings is 1. The third-order valence-electron chi connectivity index (χ3n) is 4.01. The fourth-order valence-corrected chi connectivity index (χ4v) is 4.20. The molecule has 0 spiro atoms. The van der Waals surface area contributed by atoms with E-state index in [-0.39, 0.29) is 18.6 Å². The lowest BCUT2D eigenvalue weighted by Gasteiger charge is -2.40. The number of nitrogens with zero attached hydrogens (tertiary/aromatic N) is 2. The predicted molar refractivity (Wildman–Crippen MR) is 77.2 cm³/mol. The molecular formula is C13H24N2O5S. The summed E-state index contributed by atoms with van der Waals surface area (Å²) in [6.07, 6.45) is 2.79. The molecule has 122 valence electrons. The van der Waals surface area contributed by atoms with E-state index >= 15 is 0 Å². The third-order valence-corrected chi connectivity index (χ3v) is 5.30. The third kappa shape index (κ3) is 3.94. The van der Waals surface area contributed by atoms with Crippen molar-refractivity contribution in [3.05, 3.63) is 0 Å². The monoisotopic (exact) mass is 320 g/mol. The minimum atomic E-state index is -3.39. The molecule has 1 amide bonds. The van der Waals surface area contributed by atoms with E-state index in [2.05, 4.69) is 0 Å². The quantitative estimate of drug-likeness (QED) is 0.751. The van der Waals surface area contributed by atoms with Gasteiger partial charge in [-0.1, -0.05) is 6.42 Å². The number of morpholine rings is 1. The van der Waals surface area contributed by atoms with Crippen molar-refractivity contribution in [2.75, 3.05) is 32.5 Å². The molecule has 2 aliphatic heterocycles. The standard InChI is InChI=1S/C13H24N2O5S/c1-10-7-14(8-11(9-16)20-10)13(17)12-5-3-4-6-15(12)21(2,18)19/h10-12,16H,3-9H2,1-2H3. The average molecular weight is 320 g/mol. The molecular weight excluding hydrogens is 296 g/mol. The van der Waals surface area contributed by atoms with Crippen LogP contribution in [0.3, 0.4) is 0 Å². The number of sulfonamides is 1. The van der Waals surface area contributed by atoms with Gasteiger partial charge in [0.15, 0.2) is 0 Å². The van der Waals surface area contributed by atoms with Gasteiger partial charge in [0.25, 0.3) is 0 Å². The summed E-state index contributed by atoms with van der Waals surface area (Å²) < 4.78 is 30.6. The maximum absolute atomic E-state index is 12.7. The zero-order chi connectivity index (χ0) is 15.6. The number of rotatable bonds is 3. The molecule has 0 aromatic carbocycles. The Morgan fingerprint density at radius 1 is 1.33 bits per heavy atom. The first-order valence-corrected chi connectivity index (χ1v) is 9.19. The van der Waals surface area contributed by atoms with Gasteiger partial charge in [0.2, 0.25) is 15.9 Å². The fourth-order valence-electron chi connectivity index (χ4n) is 3.09. The Kier molecular flexibility index (Phi) is 5.24. The van der Waals surface area contributed by atoms with Gasteiger partial charge < -0.3 is 14.7 Å². The van der Waals surface area contributed by atoms with Gasteiger partial charge in [-0.05, 0) is 19.8 Å². The van der Waals surface area contributed by atoms with E-state index in [4.69, 9.17) is 4.74 Å². The Bertz CT molecular complexity index is 481. The molecule has 0 bridgehead atoms. The summed E-state index contributed by atoms with van der Waals surface area (Å²) in [6.45, 7) is 2.85. The number of carbonyl (C=O) groups excluding carboxylic acids is 1. The van der Waals surface area contributed by atoms with E-state index in [1.807, 2.05) is 6.92 Å². The number of ether oxygens (including phenoxy) is 1.